The maximum atomic E-state index is 12.6. The van der Waals surface area contributed by atoms with Crippen LogP contribution >= 0.6 is 11.8 Å². The van der Waals surface area contributed by atoms with Crippen molar-refractivity contribution in [2.45, 2.75) is 44.4 Å². The molecule has 1 unspecified atom stereocenters. The summed E-state index contributed by atoms with van der Waals surface area (Å²) < 4.78 is 1.59. The van der Waals surface area contributed by atoms with Crippen molar-refractivity contribution in [3.63, 3.8) is 0 Å². The summed E-state index contributed by atoms with van der Waals surface area (Å²) in [7, 11) is 0. The van der Waals surface area contributed by atoms with Crippen LogP contribution in [0.15, 0.2) is 35.3 Å². The molecule has 0 spiro atoms. The molecule has 3 heterocycles. The molecule has 2 aliphatic heterocycles. The molecule has 2 N–H and O–H groups in total. The van der Waals surface area contributed by atoms with Crippen LogP contribution in [0.5, 0.6) is 0 Å². The first-order valence-electron chi connectivity index (χ1n) is 11.1. The van der Waals surface area contributed by atoms with Crippen LogP contribution in [-0.4, -0.2) is 55.9 Å². The molecule has 0 radical (unpaired) electrons. The van der Waals surface area contributed by atoms with E-state index in [1.165, 1.54) is 11.8 Å². The summed E-state index contributed by atoms with van der Waals surface area (Å²) in [5.41, 5.74) is 1.68. The number of likely N-dealkylation sites (tertiary alicyclic amines) is 1. The third-order valence-electron chi connectivity index (χ3n) is 5.49. The van der Waals surface area contributed by atoms with E-state index < -0.39 is 5.25 Å². The lowest BCUT2D eigenvalue weighted by atomic mass is 10.2. The Labute approximate surface area is 201 Å². The second kappa shape index (κ2) is 10.5. The Hall–Kier alpha value is -3.65. The number of amides is 3. The van der Waals surface area contributed by atoms with E-state index in [0.29, 0.717) is 23.6 Å². The van der Waals surface area contributed by atoms with Crippen LogP contribution in [0.25, 0.3) is 0 Å². The zero-order valence-corrected chi connectivity index (χ0v) is 19.6. The van der Waals surface area contributed by atoms with Gasteiger partial charge in [-0.05, 0) is 44.0 Å². The zero-order chi connectivity index (χ0) is 24.1. The van der Waals surface area contributed by atoms with Crippen LogP contribution in [0.4, 0.5) is 11.5 Å². The molecule has 0 saturated carbocycles. The minimum absolute atomic E-state index is 0.0403. The monoisotopic (exact) mass is 479 g/mol. The molecule has 0 aliphatic carbocycles. The predicted octanol–water partition coefficient (Wildman–Crippen LogP) is 2.78. The van der Waals surface area contributed by atoms with Crippen molar-refractivity contribution in [3.05, 3.63) is 41.6 Å². The average Bonchev–Trinajstić information content (AvgIpc) is 3.54. The number of amidine groups is 1. The number of anilines is 2. The molecule has 11 heteroatoms. The van der Waals surface area contributed by atoms with Gasteiger partial charge in [0.2, 0.25) is 5.91 Å². The number of carbonyl (C=O) groups excluding carboxylic acids is 3. The van der Waals surface area contributed by atoms with E-state index in [9.17, 15) is 14.4 Å². The average molecular weight is 480 g/mol. The van der Waals surface area contributed by atoms with Crippen molar-refractivity contribution in [1.29, 1.82) is 5.26 Å². The third kappa shape index (κ3) is 5.63. The number of carbonyl (C=O) groups is 3. The first-order chi connectivity index (χ1) is 16.4. The van der Waals surface area contributed by atoms with Crippen molar-refractivity contribution >= 4 is 46.2 Å². The molecule has 1 aromatic carbocycles. The van der Waals surface area contributed by atoms with Gasteiger partial charge in [-0.3, -0.25) is 14.4 Å². The molecule has 2 aliphatic rings. The molecular formula is C23H25N7O3S. The van der Waals surface area contributed by atoms with E-state index >= 15 is 0 Å². The highest BCUT2D eigenvalue weighted by atomic mass is 32.2. The molecule has 4 rings (SSSR count). The molecule has 176 valence electrons. The van der Waals surface area contributed by atoms with E-state index in [1.807, 2.05) is 6.92 Å². The first-order valence-corrected chi connectivity index (χ1v) is 12.0. The molecule has 1 atom stereocenters. The second-order valence-electron chi connectivity index (χ2n) is 8.12. The second-order valence-corrected chi connectivity index (χ2v) is 9.29. The molecule has 1 saturated heterocycles. The maximum Gasteiger partial charge on any atom is 0.262 e. The minimum atomic E-state index is -0.505. The maximum absolute atomic E-state index is 12.6. The number of aliphatic imine (C=N–C) groups is 1. The summed E-state index contributed by atoms with van der Waals surface area (Å²) in [6.45, 7) is 4.00. The molecule has 3 amide bonds. The van der Waals surface area contributed by atoms with Gasteiger partial charge in [-0.1, -0.05) is 11.8 Å². The first kappa shape index (κ1) is 23.5. The molecule has 0 bridgehead atoms. The van der Waals surface area contributed by atoms with Gasteiger partial charge >= 0.3 is 0 Å². The molecule has 2 aromatic rings. The Morgan fingerprint density at radius 2 is 1.94 bits per heavy atom. The van der Waals surface area contributed by atoms with E-state index in [2.05, 4.69) is 31.7 Å². The summed E-state index contributed by atoms with van der Waals surface area (Å²) in [5, 5.41) is 18.9. The number of thioether (sulfide) groups is 1. The van der Waals surface area contributed by atoms with Crippen LogP contribution < -0.4 is 10.6 Å². The van der Waals surface area contributed by atoms with Gasteiger partial charge in [-0.25, -0.2) is 4.68 Å². The summed E-state index contributed by atoms with van der Waals surface area (Å²) in [4.78, 5) is 43.5. The lowest BCUT2D eigenvalue weighted by molar-refractivity contribution is -0.121. The minimum Gasteiger partial charge on any atom is -0.351 e. The van der Waals surface area contributed by atoms with Gasteiger partial charge in [0.05, 0.1) is 24.7 Å². The molecule has 10 nitrogen and oxygen atoms in total. The SMILES string of the molecule is Cc1cc(NC(=O)c2ccc(NC(=O)CC3SC(N4CCCC4)=NC3=O)cc2)n(CCC#N)n1. The quantitative estimate of drug-likeness (QED) is 0.624. The molecule has 1 fully saturated rings. The van der Waals surface area contributed by atoms with Crippen LogP contribution in [-0.2, 0) is 16.1 Å². The largest absolute Gasteiger partial charge is 0.351 e. The van der Waals surface area contributed by atoms with E-state index in [0.717, 1.165) is 36.8 Å². The van der Waals surface area contributed by atoms with Gasteiger partial charge < -0.3 is 15.5 Å². The fourth-order valence-electron chi connectivity index (χ4n) is 3.80. The Balaban J connectivity index is 1.30. The normalized spacial score (nSPS) is 17.4. The van der Waals surface area contributed by atoms with Crippen molar-refractivity contribution in [1.82, 2.24) is 14.7 Å². The number of benzene rings is 1. The number of nitrogens with one attached hydrogen (secondary N) is 2. The van der Waals surface area contributed by atoms with Gasteiger partial charge in [-0.2, -0.15) is 15.4 Å². The number of aryl methyl sites for hydroxylation is 2. The van der Waals surface area contributed by atoms with Crippen LogP contribution in [0.3, 0.4) is 0 Å². The summed E-state index contributed by atoms with van der Waals surface area (Å²) in [6, 6.07) is 10.3. The lowest BCUT2D eigenvalue weighted by Crippen LogP contribution is -2.25. The molecular weight excluding hydrogens is 454 g/mol. The van der Waals surface area contributed by atoms with Gasteiger partial charge in [0, 0.05) is 36.8 Å². The van der Waals surface area contributed by atoms with Crippen molar-refractivity contribution in [2.75, 3.05) is 23.7 Å². The third-order valence-corrected chi connectivity index (χ3v) is 6.70. The van der Waals surface area contributed by atoms with E-state index in [1.54, 1.807) is 35.0 Å². The molecule has 1 aromatic heterocycles. The predicted molar refractivity (Wildman–Crippen MR) is 129 cm³/mol. The Morgan fingerprint density at radius 1 is 1.21 bits per heavy atom. The Morgan fingerprint density at radius 3 is 2.65 bits per heavy atom. The number of rotatable bonds is 7. The molecule has 34 heavy (non-hydrogen) atoms. The standard InChI is InChI=1S/C23H25N7O3S/c1-15-13-19(30(28-15)12-4-9-24)26-21(32)16-5-7-17(8-6-16)25-20(31)14-18-22(33)27-23(34-18)29-10-2-3-11-29/h5-8,13,18H,2-4,10-12,14H2,1H3,(H,25,31)(H,26,32). The van der Waals surface area contributed by atoms with Crippen LogP contribution in [0, 0.1) is 18.3 Å². The van der Waals surface area contributed by atoms with Gasteiger partial charge in [-0.15, -0.1) is 0 Å². The highest BCUT2D eigenvalue weighted by Gasteiger charge is 2.33. The topological polar surface area (TPSA) is 132 Å². The highest BCUT2D eigenvalue weighted by molar-refractivity contribution is 8.15. The summed E-state index contributed by atoms with van der Waals surface area (Å²) in [5.74, 6) is -0.351. The summed E-state index contributed by atoms with van der Waals surface area (Å²) >= 11 is 1.36. The van der Waals surface area contributed by atoms with Crippen LogP contribution in [0.2, 0.25) is 0 Å². The van der Waals surface area contributed by atoms with Crippen LogP contribution in [0.1, 0.15) is 41.7 Å². The lowest BCUT2D eigenvalue weighted by Gasteiger charge is -2.16. The number of nitrogens with zero attached hydrogens (tertiary/aromatic N) is 5. The van der Waals surface area contributed by atoms with Gasteiger partial charge in [0.1, 0.15) is 11.1 Å². The van der Waals surface area contributed by atoms with Gasteiger partial charge in [0.25, 0.3) is 11.8 Å². The number of nitriles is 1. The Bertz CT molecular complexity index is 1160. The van der Waals surface area contributed by atoms with E-state index in [-0.39, 0.29) is 30.6 Å². The van der Waals surface area contributed by atoms with Crippen molar-refractivity contribution in [2.24, 2.45) is 4.99 Å². The number of hydrogen-bond donors (Lipinski definition) is 2. The summed E-state index contributed by atoms with van der Waals surface area (Å²) in [6.07, 6.45) is 2.52. The zero-order valence-electron chi connectivity index (χ0n) is 18.8. The van der Waals surface area contributed by atoms with Crippen molar-refractivity contribution < 1.29 is 14.4 Å². The van der Waals surface area contributed by atoms with Gasteiger partial charge in [0.15, 0.2) is 5.17 Å². The van der Waals surface area contributed by atoms with E-state index in [4.69, 9.17) is 5.26 Å². The Kier molecular flexibility index (Phi) is 7.27. The smallest absolute Gasteiger partial charge is 0.262 e. The van der Waals surface area contributed by atoms with Crippen molar-refractivity contribution in [3.8, 4) is 6.07 Å². The highest BCUT2D eigenvalue weighted by Crippen LogP contribution is 2.29. The fourth-order valence-corrected chi connectivity index (χ4v) is 4.92. The number of aromatic nitrogens is 2. The fraction of sp³-hybridized carbons (Fsp3) is 0.391. The number of hydrogen-bond acceptors (Lipinski definition) is 7.